The molecule has 0 saturated carbocycles. The Labute approximate surface area is 126 Å². The van der Waals surface area contributed by atoms with Crippen molar-refractivity contribution in [2.45, 2.75) is 57.2 Å². The van der Waals surface area contributed by atoms with E-state index in [1.54, 1.807) is 12.1 Å². The van der Waals surface area contributed by atoms with E-state index in [1.807, 2.05) is 13.0 Å². The zero-order valence-electron chi connectivity index (χ0n) is 12.8. The van der Waals surface area contributed by atoms with Crippen LogP contribution in [0.15, 0.2) is 18.2 Å². The van der Waals surface area contributed by atoms with Gasteiger partial charge < -0.3 is 15.3 Å². The van der Waals surface area contributed by atoms with Crippen molar-refractivity contribution in [3.05, 3.63) is 29.3 Å². The van der Waals surface area contributed by atoms with Crippen LogP contribution in [-0.2, 0) is 0 Å². The molecular formula is C17H24N2O2. The second-order valence-corrected chi connectivity index (χ2v) is 6.55. The van der Waals surface area contributed by atoms with E-state index in [0.717, 1.165) is 11.3 Å². The molecule has 1 aromatic carbocycles. The minimum atomic E-state index is -0.863. The second-order valence-electron chi connectivity index (χ2n) is 6.55. The monoisotopic (exact) mass is 288 g/mol. The number of anilines is 1. The number of aryl methyl sites for hydroxylation is 1. The summed E-state index contributed by atoms with van der Waals surface area (Å²) < 4.78 is 0. The number of rotatable bonds is 3. The number of hydrogen-bond acceptors (Lipinski definition) is 3. The number of benzene rings is 1. The Morgan fingerprint density at radius 3 is 2.52 bits per heavy atom. The van der Waals surface area contributed by atoms with E-state index in [9.17, 15) is 4.79 Å². The maximum Gasteiger partial charge on any atom is 0.335 e. The fourth-order valence-electron chi connectivity index (χ4n) is 3.91. The predicted octanol–water partition coefficient (Wildman–Crippen LogP) is 3.12. The number of fused-ring (bicyclic) bond motifs is 2. The Kier molecular flexibility index (Phi) is 3.89. The molecule has 2 aliphatic rings. The number of piperidine rings is 2. The summed E-state index contributed by atoms with van der Waals surface area (Å²) in [5, 5.41) is 12.7. The van der Waals surface area contributed by atoms with Crippen molar-refractivity contribution < 1.29 is 9.90 Å². The van der Waals surface area contributed by atoms with Crippen LogP contribution < -0.4 is 5.32 Å². The van der Waals surface area contributed by atoms with Gasteiger partial charge in [-0.25, -0.2) is 4.79 Å². The molecule has 0 spiro atoms. The first-order valence-electron chi connectivity index (χ1n) is 7.87. The Balaban J connectivity index is 1.71. The highest BCUT2D eigenvalue weighted by atomic mass is 16.4. The molecular weight excluding hydrogens is 264 g/mol. The molecule has 0 radical (unpaired) electrons. The van der Waals surface area contributed by atoms with Crippen LogP contribution in [0.4, 0.5) is 5.69 Å². The van der Waals surface area contributed by atoms with Crippen LogP contribution in [0.1, 0.15) is 48.0 Å². The number of aromatic carboxylic acids is 1. The molecule has 2 N–H and O–H groups in total. The molecule has 2 aliphatic heterocycles. The molecule has 21 heavy (non-hydrogen) atoms. The van der Waals surface area contributed by atoms with Crippen LogP contribution in [0.25, 0.3) is 0 Å². The maximum absolute atomic E-state index is 11.0. The second kappa shape index (κ2) is 5.68. The number of carbonyl (C=O) groups is 1. The van der Waals surface area contributed by atoms with E-state index in [-0.39, 0.29) is 0 Å². The fourth-order valence-corrected chi connectivity index (χ4v) is 3.91. The van der Waals surface area contributed by atoms with E-state index in [2.05, 4.69) is 17.3 Å². The average molecular weight is 288 g/mol. The summed E-state index contributed by atoms with van der Waals surface area (Å²) in [6, 6.07) is 7.26. The van der Waals surface area contributed by atoms with Crippen molar-refractivity contribution >= 4 is 11.7 Å². The van der Waals surface area contributed by atoms with Gasteiger partial charge in [0.2, 0.25) is 0 Å². The lowest BCUT2D eigenvalue weighted by Crippen LogP contribution is -2.52. The molecule has 0 amide bonds. The van der Waals surface area contributed by atoms with Crippen LogP contribution >= 0.6 is 0 Å². The maximum atomic E-state index is 11.0. The van der Waals surface area contributed by atoms with Gasteiger partial charge in [-0.3, -0.25) is 0 Å². The van der Waals surface area contributed by atoms with Gasteiger partial charge in [0.1, 0.15) is 0 Å². The Bertz CT molecular complexity index is 530. The van der Waals surface area contributed by atoms with Crippen molar-refractivity contribution in [3.63, 3.8) is 0 Å². The van der Waals surface area contributed by atoms with Crippen LogP contribution in [0, 0.1) is 6.92 Å². The molecule has 4 heteroatoms. The summed E-state index contributed by atoms with van der Waals surface area (Å²) in [5.41, 5.74) is 2.45. The first-order valence-corrected chi connectivity index (χ1v) is 7.87. The third-order valence-corrected chi connectivity index (χ3v) is 5.17. The van der Waals surface area contributed by atoms with Gasteiger partial charge in [-0.2, -0.15) is 0 Å². The smallest absolute Gasteiger partial charge is 0.335 e. The number of carboxylic acids is 1. The number of nitrogens with zero attached hydrogens (tertiary/aromatic N) is 1. The zero-order chi connectivity index (χ0) is 15.0. The highest BCUT2D eigenvalue weighted by Gasteiger charge is 2.35. The van der Waals surface area contributed by atoms with Gasteiger partial charge in [-0.1, -0.05) is 6.42 Å². The topological polar surface area (TPSA) is 52.6 Å². The molecule has 2 atom stereocenters. The molecule has 0 aromatic heterocycles. The van der Waals surface area contributed by atoms with Crippen LogP contribution in [0.3, 0.4) is 0 Å². The van der Waals surface area contributed by atoms with Crippen molar-refractivity contribution in [1.29, 1.82) is 0 Å². The van der Waals surface area contributed by atoms with Gasteiger partial charge >= 0.3 is 5.97 Å². The van der Waals surface area contributed by atoms with E-state index >= 15 is 0 Å². The minimum absolute atomic E-state index is 0.360. The molecule has 114 valence electrons. The predicted molar refractivity (Wildman–Crippen MR) is 84.0 cm³/mol. The fraction of sp³-hybridized carbons (Fsp3) is 0.588. The van der Waals surface area contributed by atoms with Gasteiger partial charge in [0.25, 0.3) is 0 Å². The van der Waals surface area contributed by atoms with E-state index < -0.39 is 5.97 Å². The standard InChI is InChI=1S/C17H24N2O2/c1-11-8-12(17(20)21)6-7-16(11)18-13-9-14-4-3-5-15(10-13)19(14)2/h6-8,13-15,18H,3-5,9-10H2,1-2H3,(H,20,21). The van der Waals surface area contributed by atoms with Crippen molar-refractivity contribution in [3.8, 4) is 0 Å². The van der Waals surface area contributed by atoms with Crippen LogP contribution in [-0.4, -0.2) is 41.1 Å². The van der Waals surface area contributed by atoms with Gasteiger partial charge in [0.15, 0.2) is 0 Å². The average Bonchev–Trinajstić information content (AvgIpc) is 2.42. The number of hydrogen-bond donors (Lipinski definition) is 2. The van der Waals surface area contributed by atoms with Crippen LogP contribution in [0.2, 0.25) is 0 Å². The molecule has 2 bridgehead atoms. The lowest BCUT2D eigenvalue weighted by Gasteiger charge is -2.47. The third-order valence-electron chi connectivity index (χ3n) is 5.17. The van der Waals surface area contributed by atoms with Crippen molar-refractivity contribution in [2.75, 3.05) is 12.4 Å². The lowest BCUT2D eigenvalue weighted by atomic mass is 9.82. The summed E-state index contributed by atoms with van der Waals surface area (Å²) in [7, 11) is 2.26. The number of nitrogens with one attached hydrogen (secondary N) is 1. The summed E-state index contributed by atoms with van der Waals surface area (Å²) >= 11 is 0. The van der Waals surface area contributed by atoms with Gasteiger partial charge in [0, 0.05) is 23.8 Å². The Morgan fingerprint density at radius 2 is 1.95 bits per heavy atom. The molecule has 2 unspecified atom stereocenters. The molecule has 3 rings (SSSR count). The Hall–Kier alpha value is -1.55. The molecule has 0 aliphatic carbocycles. The summed E-state index contributed by atoms with van der Waals surface area (Å²) in [6.07, 6.45) is 6.35. The molecule has 2 fully saturated rings. The highest BCUT2D eigenvalue weighted by molar-refractivity contribution is 5.88. The largest absolute Gasteiger partial charge is 0.478 e. The Morgan fingerprint density at radius 1 is 1.29 bits per heavy atom. The third kappa shape index (κ3) is 2.91. The van der Waals surface area contributed by atoms with Crippen LogP contribution in [0.5, 0.6) is 0 Å². The SMILES string of the molecule is Cc1cc(C(=O)O)ccc1NC1CC2CCCC(C1)N2C. The molecule has 2 saturated heterocycles. The van der Waals surface area contributed by atoms with Crippen molar-refractivity contribution in [1.82, 2.24) is 4.90 Å². The molecule has 4 nitrogen and oxygen atoms in total. The van der Waals surface area contributed by atoms with Crippen molar-refractivity contribution in [2.24, 2.45) is 0 Å². The van der Waals surface area contributed by atoms with E-state index in [1.165, 1.54) is 32.1 Å². The number of carboxylic acid groups (broad SMARTS) is 1. The normalized spacial score (nSPS) is 29.1. The zero-order valence-corrected chi connectivity index (χ0v) is 12.8. The van der Waals surface area contributed by atoms with Gasteiger partial charge in [-0.15, -0.1) is 0 Å². The summed E-state index contributed by atoms with van der Waals surface area (Å²) in [4.78, 5) is 13.6. The molecule has 2 heterocycles. The quantitative estimate of drug-likeness (QED) is 0.897. The summed E-state index contributed by atoms with van der Waals surface area (Å²) in [6.45, 7) is 1.98. The summed E-state index contributed by atoms with van der Waals surface area (Å²) in [5.74, 6) is -0.863. The minimum Gasteiger partial charge on any atom is -0.478 e. The van der Waals surface area contributed by atoms with E-state index in [4.69, 9.17) is 5.11 Å². The first-order chi connectivity index (χ1) is 10.0. The first kappa shape index (κ1) is 14.4. The highest BCUT2D eigenvalue weighted by Crippen LogP contribution is 2.34. The van der Waals surface area contributed by atoms with Gasteiger partial charge in [0.05, 0.1) is 5.56 Å². The lowest BCUT2D eigenvalue weighted by molar-refractivity contribution is 0.0608. The van der Waals surface area contributed by atoms with E-state index in [0.29, 0.717) is 23.7 Å². The molecule has 1 aromatic rings. The van der Waals surface area contributed by atoms with Gasteiger partial charge in [-0.05, 0) is 63.4 Å².